The molecule has 0 spiro atoms. The Morgan fingerprint density at radius 1 is 1.10 bits per heavy atom. The van der Waals surface area contributed by atoms with Gasteiger partial charge in [0.05, 0.1) is 5.56 Å². The van der Waals surface area contributed by atoms with Gasteiger partial charge in [-0.05, 0) is 32.3 Å². The quantitative estimate of drug-likeness (QED) is 0.617. The molecule has 21 heavy (non-hydrogen) atoms. The maximum absolute atomic E-state index is 12.0. The number of nitrogens with one attached hydrogen (secondary N) is 1. The van der Waals surface area contributed by atoms with Crippen LogP contribution in [0.5, 0.6) is 0 Å². The molecule has 1 aromatic heterocycles. The van der Waals surface area contributed by atoms with Crippen molar-refractivity contribution < 1.29 is 14.4 Å². The second-order valence-electron chi connectivity index (χ2n) is 5.03. The Morgan fingerprint density at radius 2 is 1.67 bits per heavy atom. The van der Waals surface area contributed by atoms with Gasteiger partial charge in [-0.1, -0.05) is 13.3 Å². The zero-order valence-corrected chi connectivity index (χ0v) is 12.9. The van der Waals surface area contributed by atoms with Gasteiger partial charge < -0.3 is 0 Å². The maximum Gasteiger partial charge on any atom is 0.179 e. The molecule has 0 saturated carbocycles. The van der Waals surface area contributed by atoms with Crippen LogP contribution in [-0.2, 0) is 11.2 Å². The molecule has 0 bridgehead atoms. The fourth-order valence-corrected chi connectivity index (χ4v) is 2.21. The van der Waals surface area contributed by atoms with Crippen molar-refractivity contribution in [3.05, 3.63) is 28.6 Å². The van der Waals surface area contributed by atoms with Crippen molar-refractivity contribution in [2.45, 2.75) is 47.0 Å². The normalized spacial score (nSPS) is 10.3. The Morgan fingerprint density at radius 3 is 2.10 bits per heavy atom. The highest BCUT2D eigenvalue weighted by atomic mass is 16.1. The molecule has 0 aliphatic heterocycles. The minimum atomic E-state index is -0.485. The third-order valence-corrected chi connectivity index (χ3v) is 3.25. The van der Waals surface area contributed by atoms with Gasteiger partial charge in [0.1, 0.15) is 11.4 Å². The number of hydrogen-bond donors (Lipinski definition) is 1. The standard InChI is InChI=1S/C16H20N2O3/c1-5-6-7-12-8-18-16(15(17)11(4)21)14(10(3)20)13(12)9(2)19/h8,17H,5-7H2,1-4H3. The fourth-order valence-electron chi connectivity index (χ4n) is 2.21. The average molecular weight is 288 g/mol. The topological polar surface area (TPSA) is 87.9 Å². The van der Waals surface area contributed by atoms with Crippen molar-refractivity contribution in [3.8, 4) is 0 Å². The van der Waals surface area contributed by atoms with Crippen LogP contribution in [-0.4, -0.2) is 28.0 Å². The Labute approximate surface area is 124 Å². The molecule has 0 radical (unpaired) electrons. The van der Waals surface area contributed by atoms with E-state index in [0.717, 1.165) is 12.8 Å². The molecule has 1 heterocycles. The van der Waals surface area contributed by atoms with Gasteiger partial charge in [0.2, 0.25) is 0 Å². The van der Waals surface area contributed by atoms with E-state index in [1.165, 1.54) is 27.0 Å². The summed E-state index contributed by atoms with van der Waals surface area (Å²) >= 11 is 0. The van der Waals surface area contributed by atoms with E-state index >= 15 is 0 Å². The van der Waals surface area contributed by atoms with Gasteiger partial charge in [-0.3, -0.25) is 24.8 Å². The SMILES string of the molecule is CCCCc1cnc(C(=N)C(C)=O)c(C(C)=O)c1C(C)=O. The maximum atomic E-state index is 12.0. The fraction of sp³-hybridized carbons (Fsp3) is 0.438. The number of aryl methyl sites for hydroxylation is 1. The lowest BCUT2D eigenvalue weighted by atomic mass is 9.91. The molecule has 5 heteroatoms. The van der Waals surface area contributed by atoms with Gasteiger partial charge in [0, 0.05) is 18.7 Å². The molecule has 5 nitrogen and oxygen atoms in total. The Hall–Kier alpha value is -2.17. The molecule has 0 aliphatic carbocycles. The van der Waals surface area contributed by atoms with Gasteiger partial charge in [-0.15, -0.1) is 0 Å². The monoisotopic (exact) mass is 288 g/mol. The zero-order chi connectivity index (χ0) is 16.2. The highest BCUT2D eigenvalue weighted by molar-refractivity contribution is 6.45. The third kappa shape index (κ3) is 3.68. The van der Waals surface area contributed by atoms with Gasteiger partial charge in [0.15, 0.2) is 17.3 Å². The number of unbranched alkanes of at least 4 members (excludes halogenated alkanes) is 1. The Kier molecular flexibility index (Phi) is 5.64. The number of carbonyl (C=O) groups excluding carboxylic acids is 3. The number of carbonyl (C=O) groups is 3. The van der Waals surface area contributed by atoms with Crippen molar-refractivity contribution in [2.75, 3.05) is 0 Å². The van der Waals surface area contributed by atoms with E-state index in [9.17, 15) is 14.4 Å². The summed E-state index contributed by atoms with van der Waals surface area (Å²) in [7, 11) is 0. The van der Waals surface area contributed by atoms with Crippen LogP contribution in [0.2, 0.25) is 0 Å². The molecule has 0 saturated heterocycles. The van der Waals surface area contributed by atoms with E-state index in [-0.39, 0.29) is 28.5 Å². The van der Waals surface area contributed by atoms with Crippen LogP contribution in [0.3, 0.4) is 0 Å². The van der Waals surface area contributed by atoms with Gasteiger partial charge >= 0.3 is 0 Å². The van der Waals surface area contributed by atoms with E-state index < -0.39 is 5.78 Å². The van der Waals surface area contributed by atoms with Gasteiger partial charge in [0.25, 0.3) is 0 Å². The minimum absolute atomic E-state index is 0.000415. The van der Waals surface area contributed by atoms with Crippen LogP contribution in [0.4, 0.5) is 0 Å². The molecular formula is C16H20N2O3. The van der Waals surface area contributed by atoms with Crippen LogP contribution in [0, 0.1) is 5.41 Å². The van der Waals surface area contributed by atoms with E-state index in [4.69, 9.17) is 5.41 Å². The van der Waals surface area contributed by atoms with E-state index in [1.54, 1.807) is 0 Å². The molecule has 0 aliphatic rings. The summed E-state index contributed by atoms with van der Waals surface area (Å²) in [6.45, 7) is 5.99. The average Bonchev–Trinajstić information content (AvgIpc) is 2.42. The van der Waals surface area contributed by atoms with Crippen LogP contribution < -0.4 is 0 Å². The number of nitrogens with zero attached hydrogens (tertiary/aromatic N) is 1. The molecule has 112 valence electrons. The van der Waals surface area contributed by atoms with E-state index in [1.807, 2.05) is 6.92 Å². The molecular weight excluding hydrogens is 268 g/mol. The van der Waals surface area contributed by atoms with E-state index in [2.05, 4.69) is 4.98 Å². The number of aromatic nitrogens is 1. The summed E-state index contributed by atoms with van der Waals surface area (Å²) in [6.07, 6.45) is 3.98. The van der Waals surface area contributed by atoms with Crippen molar-refractivity contribution >= 4 is 23.1 Å². The largest absolute Gasteiger partial charge is 0.295 e. The predicted octanol–water partition coefficient (Wildman–Crippen LogP) is 2.79. The third-order valence-electron chi connectivity index (χ3n) is 3.25. The van der Waals surface area contributed by atoms with Crippen molar-refractivity contribution in [1.82, 2.24) is 4.98 Å². The summed E-state index contributed by atoms with van der Waals surface area (Å²) in [5.74, 6) is -1.08. The van der Waals surface area contributed by atoms with Crippen LogP contribution >= 0.6 is 0 Å². The summed E-state index contributed by atoms with van der Waals surface area (Å²) in [4.78, 5) is 39.4. The van der Waals surface area contributed by atoms with Crippen LogP contribution in [0.1, 0.15) is 72.5 Å². The molecule has 0 amide bonds. The molecule has 0 aromatic carbocycles. The molecule has 1 aromatic rings. The van der Waals surface area contributed by atoms with Crippen LogP contribution in [0.25, 0.3) is 0 Å². The highest BCUT2D eigenvalue weighted by Gasteiger charge is 2.24. The van der Waals surface area contributed by atoms with Crippen molar-refractivity contribution in [1.29, 1.82) is 5.41 Å². The first-order valence-corrected chi connectivity index (χ1v) is 6.94. The Balaban J connectivity index is 3.60. The first-order chi connectivity index (χ1) is 9.81. The summed E-state index contributed by atoms with van der Waals surface area (Å²) in [5.41, 5.74) is 0.753. The van der Waals surface area contributed by atoms with Gasteiger partial charge in [-0.25, -0.2) is 0 Å². The number of hydrogen-bond acceptors (Lipinski definition) is 5. The second-order valence-corrected chi connectivity index (χ2v) is 5.03. The van der Waals surface area contributed by atoms with E-state index in [0.29, 0.717) is 17.5 Å². The predicted molar refractivity (Wildman–Crippen MR) is 80.4 cm³/mol. The zero-order valence-electron chi connectivity index (χ0n) is 12.9. The molecule has 0 fully saturated rings. The van der Waals surface area contributed by atoms with Crippen molar-refractivity contribution in [2.24, 2.45) is 0 Å². The first kappa shape index (κ1) is 16.9. The summed E-state index contributed by atoms with van der Waals surface area (Å²) in [5, 5.41) is 7.79. The number of pyridine rings is 1. The van der Waals surface area contributed by atoms with Crippen molar-refractivity contribution in [3.63, 3.8) is 0 Å². The lowest BCUT2D eigenvalue weighted by Crippen LogP contribution is -2.21. The van der Waals surface area contributed by atoms with Crippen LogP contribution in [0.15, 0.2) is 6.20 Å². The Bertz CT molecular complexity index is 618. The first-order valence-electron chi connectivity index (χ1n) is 6.94. The summed E-state index contributed by atoms with van der Waals surface area (Å²) in [6, 6.07) is 0. The smallest absolute Gasteiger partial charge is 0.179 e. The summed E-state index contributed by atoms with van der Waals surface area (Å²) < 4.78 is 0. The number of Topliss-reactive ketones (excluding diaryl/α,β-unsaturated/α-hetero) is 3. The molecule has 0 unspecified atom stereocenters. The second kappa shape index (κ2) is 7.02. The molecule has 0 atom stereocenters. The minimum Gasteiger partial charge on any atom is -0.295 e. The molecule has 1 N–H and O–H groups in total. The number of rotatable bonds is 7. The lowest BCUT2D eigenvalue weighted by molar-refractivity contribution is -0.111. The lowest BCUT2D eigenvalue weighted by Gasteiger charge is -2.14. The molecule has 1 rings (SSSR count). The highest BCUT2D eigenvalue weighted by Crippen LogP contribution is 2.21. The van der Waals surface area contributed by atoms with Gasteiger partial charge in [-0.2, -0.15) is 0 Å². The number of ketones is 3.